The lowest BCUT2D eigenvalue weighted by Crippen LogP contribution is -2.42. The first-order valence-corrected chi connectivity index (χ1v) is 21.5. The van der Waals surface area contributed by atoms with Crippen LogP contribution in [0.15, 0.2) is 36.4 Å². The van der Waals surface area contributed by atoms with Gasteiger partial charge < -0.3 is 19.9 Å². The molecule has 0 radical (unpaired) electrons. The molecule has 2 aromatic rings. The number of carboxylic acid groups (broad SMARTS) is 1. The summed E-state index contributed by atoms with van der Waals surface area (Å²) in [4.78, 5) is 36.7. The summed E-state index contributed by atoms with van der Waals surface area (Å²) in [5.41, 5.74) is 12.0. The molecule has 9 heteroatoms. The van der Waals surface area contributed by atoms with Crippen LogP contribution in [0.5, 0.6) is 0 Å². The van der Waals surface area contributed by atoms with E-state index in [0.29, 0.717) is 0 Å². The highest BCUT2D eigenvalue weighted by Crippen LogP contribution is 2.45. The number of nitrogens with one attached hydrogen (secondary N) is 1. The van der Waals surface area contributed by atoms with E-state index in [9.17, 15) is 19.5 Å². The van der Waals surface area contributed by atoms with Gasteiger partial charge in [-0.2, -0.15) is 0 Å². The Bertz CT molecular complexity index is 1440. The van der Waals surface area contributed by atoms with Crippen LogP contribution < -0.4 is 5.32 Å². The van der Waals surface area contributed by atoms with Crippen molar-refractivity contribution >= 4 is 34.2 Å². The number of rotatable bonds is 7. The van der Waals surface area contributed by atoms with Crippen molar-refractivity contribution < 1.29 is 29.0 Å². The van der Waals surface area contributed by atoms with Crippen LogP contribution in [0.3, 0.4) is 0 Å². The van der Waals surface area contributed by atoms with Crippen LogP contribution >= 0.6 is 0 Å². The van der Waals surface area contributed by atoms with E-state index in [-0.39, 0.29) is 25.4 Å². The predicted molar refractivity (Wildman–Crippen MR) is 175 cm³/mol. The van der Waals surface area contributed by atoms with Crippen LogP contribution in [-0.4, -0.2) is 57.5 Å². The van der Waals surface area contributed by atoms with Gasteiger partial charge in [-0.1, -0.05) is 63.3 Å². The highest BCUT2D eigenvalue weighted by Gasteiger charge is 2.31. The van der Waals surface area contributed by atoms with Crippen molar-refractivity contribution in [3.05, 3.63) is 58.7 Å². The molecule has 1 aliphatic carbocycles. The summed E-state index contributed by atoms with van der Waals surface area (Å²) in [6.45, 7) is 18.4. The summed E-state index contributed by atoms with van der Waals surface area (Å²) < 4.78 is 10.9. The van der Waals surface area contributed by atoms with Crippen LogP contribution in [0.4, 0.5) is 4.79 Å². The molecular formula is C34H43NO6Si2. The molecule has 0 spiro atoms. The van der Waals surface area contributed by atoms with Crippen molar-refractivity contribution in [2.24, 2.45) is 0 Å². The lowest BCUT2D eigenvalue weighted by Gasteiger charge is -2.20. The lowest BCUT2D eigenvalue weighted by molar-refractivity contribution is -0.155. The van der Waals surface area contributed by atoms with Crippen molar-refractivity contribution in [1.82, 2.24) is 5.32 Å². The Morgan fingerprint density at radius 3 is 1.79 bits per heavy atom. The number of aliphatic carboxylic acids is 1. The largest absolute Gasteiger partial charge is 0.480 e. The molecule has 1 aliphatic rings. The molecule has 0 saturated carbocycles. The summed E-state index contributed by atoms with van der Waals surface area (Å²) in [6, 6.07) is 11.0. The van der Waals surface area contributed by atoms with Crippen LogP contribution in [0.1, 0.15) is 61.8 Å². The summed E-state index contributed by atoms with van der Waals surface area (Å²) in [5, 5.41) is 12.0. The lowest BCUT2D eigenvalue weighted by atomic mass is 9.96. The second kappa shape index (κ2) is 13.2. The zero-order valence-corrected chi connectivity index (χ0v) is 28.7. The van der Waals surface area contributed by atoms with Gasteiger partial charge in [0.15, 0.2) is 0 Å². The van der Waals surface area contributed by atoms with E-state index in [1.54, 1.807) is 20.8 Å². The molecule has 0 heterocycles. The van der Waals surface area contributed by atoms with E-state index < -0.39 is 45.8 Å². The van der Waals surface area contributed by atoms with Crippen molar-refractivity contribution in [3.8, 4) is 34.1 Å². The maximum Gasteiger partial charge on any atom is 0.407 e. The molecule has 228 valence electrons. The third-order valence-electron chi connectivity index (χ3n) is 6.34. The molecule has 0 bridgehead atoms. The fourth-order valence-electron chi connectivity index (χ4n) is 4.47. The highest BCUT2D eigenvalue weighted by atomic mass is 28.3. The number of hydrogen-bond donors (Lipinski definition) is 2. The number of benzene rings is 2. The normalized spacial score (nSPS) is 13.3. The quantitative estimate of drug-likeness (QED) is 0.207. The van der Waals surface area contributed by atoms with E-state index in [2.05, 4.69) is 91.8 Å². The van der Waals surface area contributed by atoms with Gasteiger partial charge in [0.1, 0.15) is 34.4 Å². The van der Waals surface area contributed by atoms with Crippen LogP contribution in [0, 0.1) is 22.9 Å². The summed E-state index contributed by atoms with van der Waals surface area (Å²) in [6.07, 6.45) is -1.14. The second-order valence-corrected chi connectivity index (χ2v) is 23.4. The van der Waals surface area contributed by atoms with Gasteiger partial charge >= 0.3 is 18.0 Å². The van der Waals surface area contributed by atoms with E-state index in [1.165, 1.54) is 0 Å². The summed E-state index contributed by atoms with van der Waals surface area (Å²) >= 11 is 0. The van der Waals surface area contributed by atoms with Gasteiger partial charge in [0.05, 0.1) is 0 Å². The van der Waals surface area contributed by atoms with Gasteiger partial charge in [-0.15, -0.1) is 11.1 Å². The first kappa shape index (κ1) is 33.7. The molecular weight excluding hydrogens is 575 g/mol. The third kappa shape index (κ3) is 10.5. The number of carbonyl (C=O) groups excluding carboxylic acids is 2. The zero-order valence-electron chi connectivity index (χ0n) is 26.7. The van der Waals surface area contributed by atoms with Gasteiger partial charge in [-0.25, -0.2) is 9.59 Å². The molecule has 1 atom stereocenters. The smallest absolute Gasteiger partial charge is 0.407 e. The fraction of sp³-hybridized carbons (Fsp3) is 0.441. The Hall–Kier alpha value is -3.80. The van der Waals surface area contributed by atoms with Crippen molar-refractivity contribution in [2.75, 3.05) is 6.61 Å². The van der Waals surface area contributed by atoms with Gasteiger partial charge in [0.25, 0.3) is 0 Å². The highest BCUT2D eigenvalue weighted by molar-refractivity contribution is 6.84. The monoisotopic (exact) mass is 617 g/mol. The number of carbonyl (C=O) groups is 3. The summed E-state index contributed by atoms with van der Waals surface area (Å²) in [5.74, 6) is 4.58. The molecule has 0 unspecified atom stereocenters. The van der Waals surface area contributed by atoms with E-state index >= 15 is 0 Å². The Labute approximate surface area is 257 Å². The molecule has 2 aromatic carbocycles. The van der Waals surface area contributed by atoms with Crippen LogP contribution in [-0.2, 0) is 19.1 Å². The predicted octanol–water partition coefficient (Wildman–Crippen LogP) is 6.56. The zero-order chi connectivity index (χ0) is 32.2. The Morgan fingerprint density at radius 1 is 0.884 bits per heavy atom. The van der Waals surface area contributed by atoms with E-state index in [0.717, 1.165) is 33.4 Å². The Morgan fingerprint density at radius 2 is 1.37 bits per heavy atom. The maximum absolute atomic E-state index is 12.8. The molecule has 0 aliphatic heterocycles. The first-order valence-electron chi connectivity index (χ1n) is 14.5. The average molecular weight is 618 g/mol. The minimum absolute atomic E-state index is 0.0000433. The molecule has 3 rings (SSSR count). The molecule has 2 N–H and O–H groups in total. The Balaban J connectivity index is 1.85. The number of alkyl carbamates (subject to hydrolysis) is 1. The molecule has 0 aromatic heterocycles. The molecule has 43 heavy (non-hydrogen) atoms. The number of esters is 1. The van der Waals surface area contributed by atoms with Gasteiger partial charge in [0, 0.05) is 23.5 Å². The maximum atomic E-state index is 12.8. The minimum atomic E-state index is -1.59. The van der Waals surface area contributed by atoms with Gasteiger partial charge in [0.2, 0.25) is 0 Å². The van der Waals surface area contributed by atoms with Crippen LogP contribution in [0.25, 0.3) is 11.1 Å². The third-order valence-corrected chi connectivity index (χ3v) is 8.09. The fourth-order valence-corrected chi connectivity index (χ4v) is 5.51. The van der Waals surface area contributed by atoms with Crippen LogP contribution in [0.2, 0.25) is 39.3 Å². The molecule has 7 nitrogen and oxygen atoms in total. The molecule has 1 amide bonds. The number of hydrogen-bond acceptors (Lipinski definition) is 5. The van der Waals surface area contributed by atoms with Crippen molar-refractivity contribution in [3.63, 3.8) is 0 Å². The molecule has 0 saturated heterocycles. The van der Waals surface area contributed by atoms with E-state index in [4.69, 9.17) is 9.47 Å². The standard InChI is InChI=1S/C34H43NO6Si2/c1-34(2,3)41-31(36)15-14-30(32(37)38)35-33(39)40-22-29-27-20-23(16-18-42(4,5)6)10-12-25(27)26-13-11-24(21-28(26)29)17-19-43(7,8)9/h10-13,20-21,29-30H,14-15,22H2,1-9H3,(H,35,39)(H,37,38)/t30-/m0/s1. The minimum Gasteiger partial charge on any atom is -0.480 e. The van der Waals surface area contributed by atoms with Crippen molar-refractivity contribution in [1.29, 1.82) is 0 Å². The molecule has 0 fully saturated rings. The number of fused-ring (bicyclic) bond motifs is 3. The van der Waals surface area contributed by atoms with Gasteiger partial charge in [-0.05, 0) is 73.7 Å². The Kier molecular flexibility index (Phi) is 10.4. The SMILES string of the molecule is CC(C)(C)OC(=O)CC[C@H](NC(=O)OCC1c2cc(C#C[Si](C)(C)C)ccc2-c2ccc(C#C[Si](C)(C)C)cc21)C(=O)O. The number of ether oxygens (including phenoxy) is 2. The average Bonchev–Trinajstić information content (AvgIpc) is 3.17. The van der Waals surface area contributed by atoms with Crippen molar-refractivity contribution in [2.45, 2.75) is 90.5 Å². The van der Waals surface area contributed by atoms with Gasteiger partial charge in [-0.3, -0.25) is 4.79 Å². The number of amides is 1. The summed E-state index contributed by atoms with van der Waals surface area (Å²) in [7, 11) is -3.17. The first-order chi connectivity index (χ1) is 19.8. The van der Waals surface area contributed by atoms with E-state index in [1.807, 2.05) is 12.1 Å². The second-order valence-electron chi connectivity index (χ2n) is 13.9. The number of carboxylic acids is 1. The topological polar surface area (TPSA) is 102 Å².